The number of sulfonamides is 1. The lowest BCUT2D eigenvalue weighted by molar-refractivity contribution is 0.331. The first kappa shape index (κ1) is 20.2. The van der Waals surface area contributed by atoms with Gasteiger partial charge >= 0.3 is 0 Å². The van der Waals surface area contributed by atoms with Gasteiger partial charge in [0.2, 0.25) is 10.0 Å². The lowest BCUT2D eigenvalue weighted by Gasteiger charge is -2.28. The molecule has 1 heterocycles. The summed E-state index contributed by atoms with van der Waals surface area (Å²) in [4.78, 5) is 0.306. The zero-order valence-electron chi connectivity index (χ0n) is 14.3. The summed E-state index contributed by atoms with van der Waals surface area (Å²) in [5.41, 5.74) is 1.74. The van der Waals surface area contributed by atoms with Crippen LogP contribution in [-0.2, 0) is 10.0 Å². The number of nitrogens with one attached hydrogen (secondary N) is 1. The summed E-state index contributed by atoms with van der Waals surface area (Å²) >= 11 is 0. The summed E-state index contributed by atoms with van der Waals surface area (Å²) in [6, 6.07) is 3.71. The summed E-state index contributed by atoms with van der Waals surface area (Å²) in [5, 5.41) is 3.25. The number of rotatable bonds is 6. The summed E-state index contributed by atoms with van der Waals surface area (Å²) in [6.07, 6.45) is 1.65. The molecule has 1 fully saturated rings. The number of hydrogen-bond acceptors (Lipinski definition) is 4. The third kappa shape index (κ3) is 4.18. The maximum Gasteiger partial charge on any atom is 0.247 e. The lowest BCUT2D eigenvalue weighted by atomic mass is 10.1. The summed E-state index contributed by atoms with van der Waals surface area (Å²) in [6.45, 7) is 7.89. The van der Waals surface area contributed by atoms with E-state index < -0.39 is 10.0 Å². The molecule has 0 aliphatic carbocycles. The molecule has 7 heteroatoms. The normalized spacial score (nSPS) is 18.0. The Morgan fingerprint density at radius 2 is 2.04 bits per heavy atom. The van der Waals surface area contributed by atoms with Crippen LogP contribution >= 0.6 is 12.4 Å². The largest absolute Gasteiger partial charge is 0.495 e. The number of hydrogen-bond donors (Lipinski definition) is 1. The number of ether oxygens (including phenoxy) is 1. The SMILES string of the molecule is CCCN(C1CCNC1)S(=O)(=O)c1c(C)cc(C)cc1OC.Cl. The average molecular weight is 363 g/mol. The number of methoxy groups -OCH3 is 1. The standard InChI is InChI=1S/C16H26N2O3S.ClH/c1-5-8-18(14-6-7-17-11-14)22(19,20)16-13(3)9-12(2)10-15(16)21-4;/h9-10,14,17H,5-8,11H2,1-4H3;1H. The third-order valence-electron chi connectivity index (χ3n) is 4.06. The fourth-order valence-electron chi connectivity index (χ4n) is 3.12. The molecule has 2 rings (SSSR count). The summed E-state index contributed by atoms with van der Waals surface area (Å²) in [7, 11) is -2.05. The maximum absolute atomic E-state index is 13.2. The molecule has 132 valence electrons. The summed E-state index contributed by atoms with van der Waals surface area (Å²) in [5.74, 6) is 0.435. The van der Waals surface area contributed by atoms with Gasteiger partial charge < -0.3 is 10.1 Å². The molecule has 0 amide bonds. The highest BCUT2D eigenvalue weighted by Gasteiger charge is 2.35. The quantitative estimate of drug-likeness (QED) is 0.844. The molecule has 5 nitrogen and oxygen atoms in total. The molecule has 1 aromatic carbocycles. The van der Waals surface area contributed by atoms with Crippen molar-refractivity contribution >= 4 is 22.4 Å². The van der Waals surface area contributed by atoms with Crippen molar-refractivity contribution in [2.24, 2.45) is 0 Å². The van der Waals surface area contributed by atoms with Crippen LogP contribution in [0.5, 0.6) is 5.75 Å². The van der Waals surface area contributed by atoms with E-state index in [1.807, 2.05) is 26.8 Å². The fourth-order valence-corrected chi connectivity index (χ4v) is 5.21. The Kier molecular flexibility index (Phi) is 7.32. The van der Waals surface area contributed by atoms with Crippen LogP contribution < -0.4 is 10.1 Å². The van der Waals surface area contributed by atoms with E-state index in [-0.39, 0.29) is 18.4 Å². The molecule has 1 aromatic rings. The second kappa shape index (κ2) is 8.33. The highest BCUT2D eigenvalue weighted by atomic mass is 35.5. The first-order valence-corrected chi connectivity index (χ1v) is 9.23. The lowest BCUT2D eigenvalue weighted by Crippen LogP contribution is -2.42. The Hall–Kier alpha value is -0.820. The van der Waals surface area contributed by atoms with Gasteiger partial charge in [-0.1, -0.05) is 13.0 Å². The van der Waals surface area contributed by atoms with E-state index in [1.165, 1.54) is 7.11 Å². The third-order valence-corrected chi connectivity index (χ3v) is 6.19. The first-order chi connectivity index (χ1) is 10.4. The van der Waals surface area contributed by atoms with Gasteiger partial charge in [0, 0.05) is 19.1 Å². The molecule has 0 spiro atoms. The molecular weight excluding hydrogens is 336 g/mol. The van der Waals surface area contributed by atoms with E-state index in [0.29, 0.717) is 23.7 Å². The maximum atomic E-state index is 13.2. The molecule has 1 N–H and O–H groups in total. The number of benzene rings is 1. The smallest absolute Gasteiger partial charge is 0.247 e. The topological polar surface area (TPSA) is 58.6 Å². The Morgan fingerprint density at radius 1 is 1.35 bits per heavy atom. The molecule has 0 aromatic heterocycles. The van der Waals surface area contributed by atoms with Crippen molar-refractivity contribution in [2.45, 2.75) is 44.6 Å². The minimum absolute atomic E-state index is 0. The van der Waals surface area contributed by atoms with Crippen LogP contribution in [-0.4, -0.2) is 45.5 Å². The van der Waals surface area contributed by atoms with Crippen molar-refractivity contribution in [3.63, 3.8) is 0 Å². The van der Waals surface area contributed by atoms with E-state index in [2.05, 4.69) is 5.32 Å². The Balaban J connectivity index is 0.00000264. The van der Waals surface area contributed by atoms with Gasteiger partial charge in [-0.2, -0.15) is 4.31 Å². The number of halogens is 1. The number of aryl methyl sites for hydroxylation is 2. The van der Waals surface area contributed by atoms with Crippen molar-refractivity contribution in [1.82, 2.24) is 9.62 Å². The van der Waals surface area contributed by atoms with Crippen molar-refractivity contribution in [3.8, 4) is 5.75 Å². The van der Waals surface area contributed by atoms with E-state index in [1.54, 1.807) is 10.4 Å². The van der Waals surface area contributed by atoms with Gasteiger partial charge in [-0.25, -0.2) is 8.42 Å². The monoisotopic (exact) mass is 362 g/mol. The number of nitrogens with zero attached hydrogens (tertiary/aromatic N) is 1. The second-order valence-electron chi connectivity index (χ2n) is 5.88. The van der Waals surface area contributed by atoms with Gasteiger partial charge in [-0.05, 0) is 50.4 Å². The van der Waals surface area contributed by atoms with Crippen LogP contribution in [0.4, 0.5) is 0 Å². The molecule has 0 bridgehead atoms. The molecule has 1 unspecified atom stereocenters. The molecule has 1 atom stereocenters. The van der Waals surface area contributed by atoms with Crippen LogP contribution in [0.3, 0.4) is 0 Å². The van der Waals surface area contributed by atoms with Crippen LogP contribution in [0.1, 0.15) is 30.9 Å². The molecule has 0 saturated carbocycles. The Morgan fingerprint density at radius 3 is 2.57 bits per heavy atom. The predicted molar refractivity (Wildman–Crippen MR) is 95.2 cm³/mol. The van der Waals surface area contributed by atoms with Crippen molar-refractivity contribution in [3.05, 3.63) is 23.3 Å². The minimum atomic E-state index is -3.57. The van der Waals surface area contributed by atoms with Crippen LogP contribution in [0.2, 0.25) is 0 Å². The van der Waals surface area contributed by atoms with Gasteiger partial charge in [-0.3, -0.25) is 0 Å². The zero-order valence-corrected chi connectivity index (χ0v) is 15.9. The molecule has 1 aliphatic heterocycles. The van der Waals surface area contributed by atoms with Crippen LogP contribution in [0, 0.1) is 13.8 Å². The first-order valence-electron chi connectivity index (χ1n) is 7.79. The average Bonchev–Trinajstić information content (AvgIpc) is 2.96. The van der Waals surface area contributed by atoms with Crippen LogP contribution in [0.25, 0.3) is 0 Å². The molecule has 23 heavy (non-hydrogen) atoms. The van der Waals surface area contributed by atoms with Gasteiger partial charge in [0.25, 0.3) is 0 Å². The van der Waals surface area contributed by atoms with E-state index in [9.17, 15) is 8.42 Å². The van der Waals surface area contributed by atoms with Crippen molar-refractivity contribution in [2.75, 3.05) is 26.7 Å². The highest BCUT2D eigenvalue weighted by Crippen LogP contribution is 2.33. The van der Waals surface area contributed by atoms with E-state index in [4.69, 9.17) is 4.74 Å². The molecule has 0 radical (unpaired) electrons. The van der Waals surface area contributed by atoms with Gasteiger partial charge in [0.05, 0.1) is 7.11 Å². The van der Waals surface area contributed by atoms with E-state index in [0.717, 1.165) is 30.5 Å². The van der Waals surface area contributed by atoms with Crippen LogP contribution in [0.15, 0.2) is 17.0 Å². The van der Waals surface area contributed by atoms with Crippen molar-refractivity contribution in [1.29, 1.82) is 0 Å². The highest BCUT2D eigenvalue weighted by molar-refractivity contribution is 7.89. The minimum Gasteiger partial charge on any atom is -0.495 e. The fraction of sp³-hybridized carbons (Fsp3) is 0.625. The van der Waals surface area contributed by atoms with Gasteiger partial charge in [-0.15, -0.1) is 12.4 Å². The Labute approximate surface area is 145 Å². The summed E-state index contributed by atoms with van der Waals surface area (Å²) < 4.78 is 33.5. The Bertz CT molecular complexity index is 628. The molecular formula is C16H27ClN2O3S. The van der Waals surface area contributed by atoms with Gasteiger partial charge in [0.15, 0.2) is 0 Å². The second-order valence-corrected chi connectivity index (χ2v) is 7.70. The zero-order chi connectivity index (χ0) is 16.3. The molecule has 1 saturated heterocycles. The molecule has 1 aliphatic rings. The van der Waals surface area contributed by atoms with Crippen molar-refractivity contribution < 1.29 is 13.2 Å². The predicted octanol–water partition coefficient (Wildman–Crippen LogP) is 2.50. The van der Waals surface area contributed by atoms with E-state index >= 15 is 0 Å². The van der Waals surface area contributed by atoms with Gasteiger partial charge in [0.1, 0.15) is 10.6 Å².